The molecule has 4 rings (SSSR count). The van der Waals surface area contributed by atoms with Crippen LogP contribution in [-0.2, 0) is 16.1 Å². The van der Waals surface area contributed by atoms with E-state index in [-0.39, 0.29) is 36.3 Å². The lowest BCUT2D eigenvalue weighted by Crippen LogP contribution is -2.44. The summed E-state index contributed by atoms with van der Waals surface area (Å²) in [7, 11) is 0. The minimum atomic E-state index is -0.590. The Bertz CT molecular complexity index is 1120. The number of nitrogens with one attached hydrogen (secondary N) is 1. The topological polar surface area (TPSA) is 96.4 Å². The van der Waals surface area contributed by atoms with Crippen LogP contribution in [0.4, 0.5) is 0 Å². The quantitative estimate of drug-likeness (QED) is 0.705. The predicted molar refractivity (Wildman–Crippen MR) is 114 cm³/mol. The first-order valence-corrected chi connectivity index (χ1v) is 10.6. The lowest BCUT2D eigenvalue weighted by Gasteiger charge is -2.29. The van der Waals surface area contributed by atoms with E-state index in [1.54, 1.807) is 31.2 Å². The van der Waals surface area contributed by atoms with Gasteiger partial charge in [-0.25, -0.2) is 0 Å². The van der Waals surface area contributed by atoms with Gasteiger partial charge in [-0.05, 0) is 43.2 Å². The zero-order chi connectivity index (χ0) is 22.3. The zero-order valence-corrected chi connectivity index (χ0v) is 18.2. The first-order valence-electron chi connectivity index (χ1n) is 9.84. The van der Waals surface area contributed by atoms with E-state index >= 15 is 0 Å². The number of carbonyl (C=O) groups is 4. The fourth-order valence-corrected chi connectivity index (χ4v) is 4.56. The second-order valence-electron chi connectivity index (χ2n) is 7.76. The molecule has 160 valence electrons. The molecule has 1 aliphatic carbocycles. The molecule has 0 radical (unpaired) electrons. The molecular weight excluding hydrogens is 441 g/mol. The molecule has 1 unspecified atom stereocenters. The van der Waals surface area contributed by atoms with Gasteiger partial charge in [0.2, 0.25) is 0 Å². The van der Waals surface area contributed by atoms with Crippen molar-refractivity contribution in [1.29, 1.82) is 0 Å². The lowest BCUT2D eigenvalue weighted by atomic mass is 9.92. The van der Waals surface area contributed by atoms with Gasteiger partial charge in [0.15, 0.2) is 5.78 Å². The first-order chi connectivity index (χ1) is 14.7. The average Bonchev–Trinajstić information content (AvgIpc) is 3.03. The summed E-state index contributed by atoms with van der Waals surface area (Å²) >= 11 is 12.0. The van der Waals surface area contributed by atoms with Gasteiger partial charge in [0, 0.05) is 30.3 Å². The Morgan fingerprint density at radius 1 is 1.23 bits per heavy atom. The SMILES string of the molecule is C[C@H](NC(=O)c1ccc2c(c1)CN(C1CCC(=O)CC1=O)C2=O)c1ncc(Cl)cc1Cl. The largest absolute Gasteiger partial charge is 0.344 e. The number of carbonyl (C=O) groups excluding carboxylic acids is 4. The van der Waals surface area contributed by atoms with Crippen LogP contribution in [0.3, 0.4) is 0 Å². The smallest absolute Gasteiger partial charge is 0.255 e. The van der Waals surface area contributed by atoms with Crippen LogP contribution < -0.4 is 5.32 Å². The molecule has 1 saturated carbocycles. The number of hydrogen-bond acceptors (Lipinski definition) is 5. The van der Waals surface area contributed by atoms with Crippen LogP contribution in [0.2, 0.25) is 10.0 Å². The van der Waals surface area contributed by atoms with E-state index in [1.165, 1.54) is 11.1 Å². The number of aromatic nitrogens is 1. The summed E-state index contributed by atoms with van der Waals surface area (Å²) in [4.78, 5) is 55.0. The molecule has 2 atom stereocenters. The molecule has 7 nitrogen and oxygen atoms in total. The summed E-state index contributed by atoms with van der Waals surface area (Å²) in [5.41, 5.74) is 2.03. The Hall–Kier alpha value is -2.77. The summed E-state index contributed by atoms with van der Waals surface area (Å²) in [6, 6.07) is 5.34. The maximum Gasteiger partial charge on any atom is 0.255 e. The molecule has 1 fully saturated rings. The number of ketones is 2. The highest BCUT2D eigenvalue weighted by Crippen LogP contribution is 2.30. The van der Waals surface area contributed by atoms with Gasteiger partial charge in [-0.2, -0.15) is 0 Å². The third-order valence-corrected chi connectivity index (χ3v) is 6.12. The highest BCUT2D eigenvalue weighted by Gasteiger charge is 2.39. The van der Waals surface area contributed by atoms with Crippen LogP contribution in [0.1, 0.15) is 64.2 Å². The Morgan fingerprint density at radius 2 is 2.00 bits per heavy atom. The van der Waals surface area contributed by atoms with Crippen LogP contribution in [0.25, 0.3) is 0 Å². The van der Waals surface area contributed by atoms with E-state index in [1.807, 2.05) is 0 Å². The minimum absolute atomic E-state index is 0.0891. The minimum Gasteiger partial charge on any atom is -0.344 e. The number of rotatable bonds is 4. The number of hydrogen-bond donors (Lipinski definition) is 1. The molecule has 1 aromatic carbocycles. The van der Waals surface area contributed by atoms with E-state index in [0.29, 0.717) is 45.3 Å². The number of amides is 2. The van der Waals surface area contributed by atoms with E-state index < -0.39 is 12.1 Å². The fraction of sp³-hybridized carbons (Fsp3) is 0.318. The molecule has 31 heavy (non-hydrogen) atoms. The van der Waals surface area contributed by atoms with Crippen LogP contribution in [0.5, 0.6) is 0 Å². The summed E-state index contributed by atoms with van der Waals surface area (Å²) in [6.07, 6.45) is 1.97. The van der Waals surface area contributed by atoms with Crippen LogP contribution in [-0.4, -0.2) is 39.3 Å². The molecule has 2 aliphatic rings. The normalized spacial score (nSPS) is 19.4. The highest BCUT2D eigenvalue weighted by molar-refractivity contribution is 6.34. The molecule has 9 heteroatoms. The molecule has 2 heterocycles. The van der Waals surface area contributed by atoms with E-state index in [4.69, 9.17) is 23.2 Å². The van der Waals surface area contributed by atoms with Gasteiger partial charge in [0.05, 0.1) is 34.2 Å². The third-order valence-electron chi connectivity index (χ3n) is 5.61. The van der Waals surface area contributed by atoms with E-state index in [2.05, 4.69) is 10.3 Å². The molecular formula is C22H19Cl2N3O4. The molecule has 1 aliphatic heterocycles. The van der Waals surface area contributed by atoms with Crippen molar-refractivity contribution in [1.82, 2.24) is 15.2 Å². The van der Waals surface area contributed by atoms with Crippen molar-refractivity contribution in [2.24, 2.45) is 0 Å². The standard InChI is InChI=1S/C22H19Cl2N3O4/c1-11(20-17(24)7-14(23)9-25-20)26-21(30)12-2-4-16-13(6-12)10-27(22(16)31)18-5-3-15(28)8-19(18)29/h2,4,6-7,9,11,18H,3,5,8,10H2,1H3,(H,26,30)/t11-,18?/m0/s1. The summed E-state index contributed by atoms with van der Waals surface area (Å²) in [5.74, 6) is -0.904. The molecule has 0 saturated heterocycles. The number of fused-ring (bicyclic) bond motifs is 1. The van der Waals surface area contributed by atoms with Gasteiger partial charge >= 0.3 is 0 Å². The second-order valence-corrected chi connectivity index (χ2v) is 8.60. The number of pyridine rings is 1. The van der Waals surface area contributed by atoms with Crippen molar-refractivity contribution in [2.45, 2.75) is 44.8 Å². The molecule has 1 aromatic heterocycles. The maximum absolute atomic E-state index is 12.8. The van der Waals surface area contributed by atoms with Crippen molar-refractivity contribution in [3.8, 4) is 0 Å². The third kappa shape index (κ3) is 4.20. The fourth-order valence-electron chi connectivity index (χ4n) is 4.02. The summed E-state index contributed by atoms with van der Waals surface area (Å²) < 4.78 is 0. The molecule has 0 spiro atoms. The van der Waals surface area contributed by atoms with Crippen molar-refractivity contribution >= 4 is 46.6 Å². The maximum atomic E-state index is 12.8. The summed E-state index contributed by atoms with van der Waals surface area (Å²) in [6.45, 7) is 1.99. The zero-order valence-electron chi connectivity index (χ0n) is 16.7. The van der Waals surface area contributed by atoms with Gasteiger partial charge in [0.25, 0.3) is 11.8 Å². The van der Waals surface area contributed by atoms with Crippen molar-refractivity contribution in [2.75, 3.05) is 0 Å². The Labute approximate surface area is 188 Å². The van der Waals surface area contributed by atoms with Crippen LogP contribution in [0.15, 0.2) is 30.5 Å². The van der Waals surface area contributed by atoms with E-state index in [9.17, 15) is 19.2 Å². The number of benzene rings is 1. The van der Waals surface area contributed by atoms with Gasteiger partial charge in [0.1, 0.15) is 5.78 Å². The van der Waals surface area contributed by atoms with Gasteiger partial charge in [-0.15, -0.1) is 0 Å². The predicted octanol–water partition coefficient (Wildman–Crippen LogP) is 3.53. The van der Waals surface area contributed by atoms with Crippen LogP contribution >= 0.6 is 23.2 Å². The van der Waals surface area contributed by atoms with Crippen molar-refractivity contribution in [3.63, 3.8) is 0 Å². The second kappa shape index (κ2) is 8.40. The van der Waals surface area contributed by atoms with Crippen molar-refractivity contribution in [3.05, 3.63) is 62.9 Å². The monoisotopic (exact) mass is 459 g/mol. The van der Waals surface area contributed by atoms with Crippen LogP contribution in [0, 0.1) is 0 Å². The Balaban J connectivity index is 1.49. The molecule has 2 aromatic rings. The molecule has 1 N–H and O–H groups in total. The average molecular weight is 460 g/mol. The van der Waals surface area contributed by atoms with Gasteiger partial charge < -0.3 is 10.2 Å². The Kier molecular flexibility index (Phi) is 5.81. The lowest BCUT2D eigenvalue weighted by molar-refractivity contribution is -0.133. The van der Waals surface area contributed by atoms with Gasteiger partial charge in [-0.3, -0.25) is 24.2 Å². The number of halogens is 2. The number of Topliss-reactive ketones (excluding diaryl/α,β-unsaturated/α-hetero) is 2. The molecule has 0 bridgehead atoms. The first kappa shape index (κ1) is 21.5. The van der Waals surface area contributed by atoms with Gasteiger partial charge in [-0.1, -0.05) is 23.2 Å². The number of nitrogens with zero attached hydrogens (tertiary/aromatic N) is 2. The van der Waals surface area contributed by atoms with Crippen molar-refractivity contribution < 1.29 is 19.2 Å². The summed E-state index contributed by atoms with van der Waals surface area (Å²) in [5, 5.41) is 3.60. The molecule has 2 amide bonds. The van der Waals surface area contributed by atoms with E-state index in [0.717, 1.165) is 0 Å². The Morgan fingerprint density at radius 3 is 2.71 bits per heavy atom. The highest BCUT2D eigenvalue weighted by atomic mass is 35.5.